The van der Waals surface area contributed by atoms with E-state index in [4.69, 9.17) is 8.85 Å². The van der Waals surface area contributed by atoms with Crippen LogP contribution in [-0.4, -0.2) is 29.2 Å². The average Bonchev–Trinajstić information content (AvgIpc) is 2.10. The number of hydrogen-bond acceptors (Lipinski definition) is 3. The molecule has 1 aliphatic heterocycles. The number of carbonyl (C=O) groups is 1. The molecule has 98 valence electrons. The van der Waals surface area contributed by atoms with Crippen LogP contribution in [0.5, 0.6) is 0 Å². The van der Waals surface area contributed by atoms with Crippen LogP contribution in [0.2, 0.25) is 37.8 Å². The highest BCUT2D eigenvalue weighted by Gasteiger charge is 2.48. The first-order valence-electron chi connectivity index (χ1n) is 6.15. The minimum atomic E-state index is -1.93. The first-order chi connectivity index (χ1) is 7.64. The minimum absolute atomic E-state index is 0.0117. The van der Waals surface area contributed by atoms with Crippen LogP contribution in [-0.2, 0) is 13.6 Å². The second-order valence-electron chi connectivity index (χ2n) is 6.12. The van der Waals surface area contributed by atoms with E-state index in [0.717, 1.165) is 18.0 Å². The number of esters is 1. The Bertz CT molecular complexity index is 324. The number of carbonyl (C=O) groups excluding carboxylic acids is 1. The van der Waals surface area contributed by atoms with Gasteiger partial charge >= 0.3 is 5.97 Å². The molecule has 1 heterocycles. The molecule has 1 rings (SSSR count). The van der Waals surface area contributed by atoms with Crippen LogP contribution in [0.4, 0.5) is 0 Å². The molecule has 1 saturated heterocycles. The molecular weight excluding hydrogens is 248 g/mol. The Labute approximate surface area is 106 Å². The fourth-order valence-corrected chi connectivity index (χ4v) is 11.8. The van der Waals surface area contributed by atoms with Gasteiger partial charge in [0.2, 0.25) is 0 Å². The van der Waals surface area contributed by atoms with Crippen LogP contribution in [0.15, 0.2) is 12.2 Å². The summed E-state index contributed by atoms with van der Waals surface area (Å²) in [6, 6.07) is 1.05. The molecule has 0 radical (unpaired) electrons. The highest BCUT2D eigenvalue weighted by atomic mass is 28.4. The largest absolute Gasteiger partial charge is 0.461 e. The molecule has 1 fully saturated rings. The summed E-state index contributed by atoms with van der Waals surface area (Å²) in [5, 5.41) is 0. The second-order valence-corrected chi connectivity index (χ2v) is 14.9. The monoisotopic (exact) mass is 272 g/mol. The van der Waals surface area contributed by atoms with E-state index >= 15 is 0 Å². The lowest BCUT2D eigenvalue weighted by Gasteiger charge is -2.43. The third-order valence-corrected chi connectivity index (χ3v) is 11.2. The Morgan fingerprint density at radius 1 is 1.41 bits per heavy atom. The van der Waals surface area contributed by atoms with Crippen molar-refractivity contribution in [3.05, 3.63) is 12.2 Å². The van der Waals surface area contributed by atoms with Crippen molar-refractivity contribution in [2.24, 2.45) is 0 Å². The fourth-order valence-electron chi connectivity index (χ4n) is 2.37. The molecule has 0 saturated carbocycles. The Morgan fingerprint density at radius 2 is 2.00 bits per heavy atom. The maximum absolute atomic E-state index is 12.0. The molecule has 1 aliphatic rings. The topological polar surface area (TPSA) is 35.5 Å². The minimum Gasteiger partial charge on any atom is -0.461 e. The zero-order valence-electron chi connectivity index (χ0n) is 11.6. The molecule has 17 heavy (non-hydrogen) atoms. The van der Waals surface area contributed by atoms with E-state index in [1.807, 2.05) is 6.92 Å². The van der Waals surface area contributed by atoms with Crippen LogP contribution < -0.4 is 0 Å². The molecule has 1 atom stereocenters. The number of hydrogen-bond donors (Lipinski definition) is 0. The molecule has 3 nitrogen and oxygen atoms in total. The van der Waals surface area contributed by atoms with Crippen molar-refractivity contribution >= 4 is 22.6 Å². The summed E-state index contributed by atoms with van der Waals surface area (Å²) in [5.74, 6) is -0.0887. The van der Waals surface area contributed by atoms with Crippen LogP contribution in [0, 0.1) is 0 Å². The van der Waals surface area contributed by atoms with Gasteiger partial charge in [-0.25, -0.2) is 0 Å². The predicted molar refractivity (Wildman–Crippen MR) is 75.0 cm³/mol. The predicted octanol–water partition coefficient (Wildman–Crippen LogP) is 3.31. The molecule has 0 spiro atoms. The lowest BCUT2D eigenvalue weighted by molar-refractivity contribution is -0.143. The molecular formula is C12H24O3Si2. The summed E-state index contributed by atoms with van der Waals surface area (Å²) in [6.07, 6.45) is 0.938. The van der Waals surface area contributed by atoms with Gasteiger partial charge in [0.05, 0.1) is 5.54 Å². The van der Waals surface area contributed by atoms with E-state index in [1.165, 1.54) is 0 Å². The number of ether oxygens (including phenoxy) is 1. The fraction of sp³-hybridized carbons (Fsp3) is 0.750. The zero-order chi connectivity index (χ0) is 13.3. The average molecular weight is 272 g/mol. The van der Waals surface area contributed by atoms with Crippen molar-refractivity contribution in [1.29, 1.82) is 0 Å². The highest BCUT2D eigenvalue weighted by molar-refractivity contribution is 6.88. The highest BCUT2D eigenvalue weighted by Crippen LogP contribution is 2.39. The van der Waals surface area contributed by atoms with Crippen molar-refractivity contribution in [1.82, 2.24) is 0 Å². The van der Waals surface area contributed by atoms with Gasteiger partial charge in [-0.3, -0.25) is 4.79 Å². The van der Waals surface area contributed by atoms with E-state index in [0.29, 0.717) is 6.61 Å². The van der Waals surface area contributed by atoms with Crippen LogP contribution in [0.3, 0.4) is 0 Å². The third-order valence-electron chi connectivity index (χ3n) is 3.16. The van der Waals surface area contributed by atoms with Gasteiger partial charge in [-0.1, -0.05) is 6.58 Å². The van der Waals surface area contributed by atoms with E-state index < -0.39 is 16.6 Å². The lowest BCUT2D eigenvalue weighted by atomic mass is 10.3. The van der Waals surface area contributed by atoms with Crippen LogP contribution >= 0.6 is 0 Å². The van der Waals surface area contributed by atoms with Gasteiger partial charge in [-0.2, -0.15) is 0 Å². The van der Waals surface area contributed by atoms with E-state index in [2.05, 4.69) is 32.8 Å². The molecule has 0 aliphatic carbocycles. The smallest absolute Gasteiger partial charge is 0.308 e. The Hall–Kier alpha value is -0.396. The maximum atomic E-state index is 12.0. The van der Waals surface area contributed by atoms with Crippen LogP contribution in [0.1, 0.15) is 13.3 Å². The molecule has 5 heteroatoms. The van der Waals surface area contributed by atoms with Crippen molar-refractivity contribution < 1.29 is 13.6 Å². The molecule has 1 unspecified atom stereocenters. The lowest BCUT2D eigenvalue weighted by Crippen LogP contribution is -2.53. The second kappa shape index (κ2) is 5.08. The molecule has 0 N–H and O–H groups in total. The van der Waals surface area contributed by atoms with Gasteiger partial charge in [-0.05, 0) is 51.1 Å². The Balaban J connectivity index is 2.65. The van der Waals surface area contributed by atoms with Gasteiger partial charge < -0.3 is 8.85 Å². The summed E-state index contributed by atoms with van der Waals surface area (Å²) >= 11 is 0. The van der Waals surface area contributed by atoms with Gasteiger partial charge in [0.1, 0.15) is 6.61 Å². The van der Waals surface area contributed by atoms with E-state index in [-0.39, 0.29) is 11.5 Å². The number of rotatable bonds is 3. The van der Waals surface area contributed by atoms with Gasteiger partial charge in [-0.15, -0.1) is 0 Å². The Morgan fingerprint density at radius 3 is 2.47 bits per heavy atom. The summed E-state index contributed by atoms with van der Waals surface area (Å²) < 4.78 is 11.5. The first kappa shape index (κ1) is 14.7. The molecule has 0 aromatic rings. The SMILES string of the molecule is C=C(C)COC(=O)C1CC[Si](C)(C)O[Si]1(C)C. The summed E-state index contributed by atoms with van der Waals surface area (Å²) in [7, 11) is -3.45. The molecule has 0 bridgehead atoms. The van der Waals surface area contributed by atoms with Crippen molar-refractivity contribution in [3.8, 4) is 0 Å². The van der Waals surface area contributed by atoms with E-state index in [9.17, 15) is 4.79 Å². The summed E-state index contributed by atoms with van der Waals surface area (Å²) in [5.41, 5.74) is 0.867. The standard InChI is InChI=1S/C12H24O3Si2/c1-10(2)9-14-12(13)11-7-8-16(3,4)15-17(11,5)6/h11H,1,7-9H2,2-6H3. The molecule has 0 aromatic heterocycles. The van der Waals surface area contributed by atoms with Crippen molar-refractivity contribution in [3.63, 3.8) is 0 Å². The van der Waals surface area contributed by atoms with Gasteiger partial charge in [0.15, 0.2) is 16.6 Å². The summed E-state index contributed by atoms with van der Waals surface area (Å²) in [4.78, 5) is 12.0. The van der Waals surface area contributed by atoms with Gasteiger partial charge in [0.25, 0.3) is 0 Å². The molecule has 0 amide bonds. The Kier molecular flexibility index (Phi) is 4.38. The quantitative estimate of drug-likeness (QED) is 0.449. The summed E-state index contributed by atoms with van der Waals surface area (Å²) in [6.45, 7) is 14.7. The zero-order valence-corrected chi connectivity index (χ0v) is 13.6. The first-order valence-corrected chi connectivity index (χ1v) is 12.3. The molecule has 0 aromatic carbocycles. The van der Waals surface area contributed by atoms with Gasteiger partial charge in [0, 0.05) is 0 Å². The van der Waals surface area contributed by atoms with E-state index in [1.54, 1.807) is 0 Å². The third kappa shape index (κ3) is 4.08. The van der Waals surface area contributed by atoms with Crippen molar-refractivity contribution in [2.45, 2.75) is 51.1 Å². The maximum Gasteiger partial charge on any atom is 0.308 e. The normalized spacial score (nSPS) is 26.3. The van der Waals surface area contributed by atoms with Crippen molar-refractivity contribution in [2.75, 3.05) is 6.61 Å². The van der Waals surface area contributed by atoms with Crippen LogP contribution in [0.25, 0.3) is 0 Å².